The van der Waals surface area contributed by atoms with Gasteiger partial charge in [-0.05, 0) is 43.3 Å². The van der Waals surface area contributed by atoms with Crippen molar-refractivity contribution in [2.45, 2.75) is 45.4 Å². The van der Waals surface area contributed by atoms with Gasteiger partial charge in [-0.3, -0.25) is 14.4 Å². The van der Waals surface area contributed by atoms with Crippen LogP contribution in [0.1, 0.15) is 33.4 Å². The zero-order valence-corrected chi connectivity index (χ0v) is 23.6. The van der Waals surface area contributed by atoms with E-state index in [1.165, 1.54) is 6.07 Å². The van der Waals surface area contributed by atoms with Crippen molar-refractivity contribution < 1.29 is 13.9 Å². The number of halogens is 2. The smallest absolute Gasteiger partial charge is 0.263 e. The quantitative estimate of drug-likeness (QED) is 0.201. The minimum absolute atomic E-state index is 0.198. The number of fused-ring (bicyclic) bond motifs is 2. The second kappa shape index (κ2) is 9.24. The first-order chi connectivity index (χ1) is 17.0. The predicted octanol–water partition coefficient (Wildman–Crippen LogP) is 6.04. The summed E-state index contributed by atoms with van der Waals surface area (Å²) in [6.07, 6.45) is 1.75. The minimum Gasteiger partial charge on any atom is -0.361 e. The Morgan fingerprint density at radius 1 is 1.17 bits per heavy atom. The molecule has 1 amide bonds. The van der Waals surface area contributed by atoms with E-state index in [2.05, 4.69) is 45.7 Å². The van der Waals surface area contributed by atoms with Gasteiger partial charge in [0.1, 0.15) is 24.3 Å². The molecule has 1 aliphatic heterocycles. The number of hydrogen-bond donors (Lipinski definition) is 0. The molecule has 0 fully saturated rings. The van der Waals surface area contributed by atoms with Crippen LogP contribution in [0.3, 0.4) is 0 Å². The molecule has 0 N–H and O–H groups in total. The molecule has 36 heavy (non-hydrogen) atoms. The van der Waals surface area contributed by atoms with Gasteiger partial charge in [0.15, 0.2) is 0 Å². The van der Waals surface area contributed by atoms with Gasteiger partial charge in [0, 0.05) is 43.1 Å². The van der Waals surface area contributed by atoms with E-state index in [0.717, 1.165) is 29.4 Å². The number of aryl methyl sites for hydroxylation is 1. The maximum absolute atomic E-state index is 15.2. The second-order valence-corrected chi connectivity index (χ2v) is 17.0. The number of anilines is 1. The molecule has 188 valence electrons. The van der Waals surface area contributed by atoms with E-state index in [-0.39, 0.29) is 5.91 Å². The Labute approximate surface area is 219 Å². The van der Waals surface area contributed by atoms with Crippen molar-refractivity contribution in [1.82, 2.24) is 19.3 Å². The molecule has 5 rings (SSSR count). The summed E-state index contributed by atoms with van der Waals surface area (Å²) in [4.78, 5) is 19.9. The molecular formula is C26H29BrFN5O2Si. The van der Waals surface area contributed by atoms with E-state index in [9.17, 15) is 4.79 Å². The fraction of sp³-hybridized carbons (Fsp3) is 0.346. The molecular weight excluding hydrogens is 541 g/mol. The van der Waals surface area contributed by atoms with Gasteiger partial charge in [0.05, 0.1) is 22.9 Å². The number of rotatable bonds is 7. The summed E-state index contributed by atoms with van der Waals surface area (Å²) in [5.41, 5.74) is 4.52. The number of nitrogens with zero attached hydrogens (tertiary/aromatic N) is 5. The van der Waals surface area contributed by atoms with Crippen LogP contribution < -0.4 is 4.90 Å². The van der Waals surface area contributed by atoms with Crippen LogP contribution in [0.2, 0.25) is 25.7 Å². The molecule has 1 aliphatic rings. The Hall–Kier alpha value is -2.82. The van der Waals surface area contributed by atoms with Crippen molar-refractivity contribution >= 4 is 46.6 Å². The average Bonchev–Trinajstić information content (AvgIpc) is 3.43. The van der Waals surface area contributed by atoms with Gasteiger partial charge in [-0.1, -0.05) is 41.6 Å². The molecule has 0 saturated heterocycles. The van der Waals surface area contributed by atoms with Gasteiger partial charge in [0.2, 0.25) is 0 Å². The summed E-state index contributed by atoms with van der Waals surface area (Å²) in [6.45, 7) is 9.98. The third-order valence-electron chi connectivity index (χ3n) is 6.68. The van der Waals surface area contributed by atoms with Crippen LogP contribution in [-0.4, -0.2) is 39.9 Å². The Bertz CT molecular complexity index is 1480. The van der Waals surface area contributed by atoms with E-state index in [0.29, 0.717) is 33.7 Å². The van der Waals surface area contributed by atoms with Crippen LogP contribution in [0.25, 0.3) is 11.0 Å². The number of carbonyl (C=O) groups excluding carboxylic acids is 1. The highest BCUT2D eigenvalue weighted by atomic mass is 79.9. The maximum Gasteiger partial charge on any atom is 0.263 e. The molecule has 4 aromatic rings. The van der Waals surface area contributed by atoms with Crippen LogP contribution in [-0.2, 0) is 18.5 Å². The predicted molar refractivity (Wildman–Crippen MR) is 145 cm³/mol. The lowest BCUT2D eigenvalue weighted by Gasteiger charge is -2.26. The van der Waals surface area contributed by atoms with Gasteiger partial charge in [-0.15, -0.1) is 0 Å². The molecule has 0 bridgehead atoms. The molecule has 3 heterocycles. The Morgan fingerprint density at radius 2 is 1.94 bits per heavy atom. The third-order valence-corrected chi connectivity index (χ3v) is 8.87. The largest absolute Gasteiger partial charge is 0.361 e. The minimum atomic E-state index is -1.16. The van der Waals surface area contributed by atoms with Gasteiger partial charge in [-0.2, -0.15) is 5.10 Å². The first-order valence-electron chi connectivity index (χ1n) is 11.9. The molecule has 0 radical (unpaired) electrons. The number of hydrogen-bond acceptors (Lipinski definition) is 4. The lowest BCUT2D eigenvalue weighted by Crippen LogP contribution is -2.30. The molecule has 2 aromatic carbocycles. The molecule has 0 spiro atoms. The highest BCUT2D eigenvalue weighted by Crippen LogP contribution is 2.43. The highest BCUT2D eigenvalue weighted by Gasteiger charge is 2.44. The maximum atomic E-state index is 15.2. The highest BCUT2D eigenvalue weighted by molar-refractivity contribution is 9.10. The summed E-state index contributed by atoms with van der Waals surface area (Å²) in [5, 5.41) is 4.61. The van der Waals surface area contributed by atoms with Crippen molar-refractivity contribution in [2.24, 2.45) is 7.05 Å². The third kappa shape index (κ3) is 4.42. The van der Waals surface area contributed by atoms with Crippen LogP contribution in [0.4, 0.5) is 10.1 Å². The molecule has 2 aromatic heterocycles. The summed E-state index contributed by atoms with van der Waals surface area (Å²) >= 11 is 3.33. The monoisotopic (exact) mass is 569 g/mol. The Kier molecular flexibility index (Phi) is 6.38. The van der Waals surface area contributed by atoms with Crippen LogP contribution in [0, 0.1) is 12.7 Å². The van der Waals surface area contributed by atoms with Crippen LogP contribution in [0.15, 0.2) is 47.2 Å². The van der Waals surface area contributed by atoms with Gasteiger partial charge in [0.25, 0.3) is 5.91 Å². The number of amides is 1. The fourth-order valence-electron chi connectivity index (χ4n) is 4.57. The first kappa shape index (κ1) is 24.9. The topological polar surface area (TPSA) is 65.2 Å². The number of aromatic nitrogens is 4. The Balaban J connectivity index is 1.50. The van der Waals surface area contributed by atoms with Gasteiger partial charge >= 0.3 is 0 Å². The van der Waals surface area contributed by atoms with Crippen molar-refractivity contribution in [1.29, 1.82) is 0 Å². The van der Waals surface area contributed by atoms with E-state index >= 15 is 4.39 Å². The van der Waals surface area contributed by atoms with Crippen molar-refractivity contribution in [3.05, 3.63) is 75.5 Å². The van der Waals surface area contributed by atoms with Gasteiger partial charge < -0.3 is 9.30 Å². The summed E-state index contributed by atoms with van der Waals surface area (Å²) in [7, 11) is 0.640. The Morgan fingerprint density at radius 3 is 2.67 bits per heavy atom. The normalized spacial score (nSPS) is 15.8. The second-order valence-electron chi connectivity index (χ2n) is 10.4. The van der Waals surface area contributed by atoms with Crippen molar-refractivity contribution in [3.63, 3.8) is 0 Å². The lowest BCUT2D eigenvalue weighted by molar-refractivity contribution is 0.0898. The van der Waals surface area contributed by atoms with E-state index in [1.807, 2.05) is 29.7 Å². The summed E-state index contributed by atoms with van der Waals surface area (Å²) in [6, 6.07) is 11.0. The molecule has 0 saturated carbocycles. The molecule has 0 aliphatic carbocycles. The van der Waals surface area contributed by atoms with Crippen molar-refractivity contribution in [3.8, 4) is 0 Å². The number of ether oxygens (including phenoxy) is 1. The number of benzene rings is 2. The molecule has 1 unspecified atom stereocenters. The summed E-state index contributed by atoms with van der Waals surface area (Å²) < 4.78 is 25.3. The summed E-state index contributed by atoms with van der Waals surface area (Å²) in [5.74, 6) is -0.597. The lowest BCUT2D eigenvalue weighted by atomic mass is 10.0. The first-order valence-corrected chi connectivity index (χ1v) is 16.4. The van der Waals surface area contributed by atoms with Crippen LogP contribution in [0.5, 0.6) is 0 Å². The standard InChI is InChI=1S/C26H29BrFN5O2Si/c1-16-23-24(30-31(16)2)25(19-8-6-17(27)12-20(19)28)33(26(23)34)18-7-9-22-21(13-18)29-14-32(22)15-35-10-11-36(3,4)5/h6-9,12-14,25H,10-11,15H2,1-5H3. The van der Waals surface area contributed by atoms with E-state index < -0.39 is 19.9 Å². The zero-order valence-electron chi connectivity index (χ0n) is 21.0. The van der Waals surface area contributed by atoms with E-state index in [4.69, 9.17) is 4.74 Å². The fourth-order valence-corrected chi connectivity index (χ4v) is 5.66. The van der Waals surface area contributed by atoms with Gasteiger partial charge in [-0.25, -0.2) is 9.37 Å². The van der Waals surface area contributed by atoms with Crippen LogP contribution >= 0.6 is 15.9 Å². The molecule has 10 heteroatoms. The van der Waals surface area contributed by atoms with Crippen molar-refractivity contribution in [2.75, 3.05) is 11.5 Å². The average molecular weight is 571 g/mol. The number of carbonyl (C=O) groups is 1. The van der Waals surface area contributed by atoms with E-state index in [1.54, 1.807) is 35.1 Å². The molecule has 1 atom stereocenters. The SMILES string of the molecule is Cc1c2c(nn1C)C(c1ccc(Br)cc1F)N(c1ccc3c(c1)ncn3COCC[Si](C)(C)C)C2=O. The number of imidazole rings is 1. The zero-order chi connectivity index (χ0) is 25.8. The molecule has 7 nitrogen and oxygen atoms in total.